The van der Waals surface area contributed by atoms with Crippen molar-refractivity contribution >= 4 is 26.8 Å². The Kier molecular flexibility index (Phi) is 4.33. The van der Waals surface area contributed by atoms with Crippen molar-refractivity contribution < 1.29 is 17.5 Å². The summed E-state index contributed by atoms with van der Waals surface area (Å²) in [4.78, 5) is 12.3. The number of nitrogens with zero attached hydrogens (tertiary/aromatic N) is 1. The second-order valence-electron chi connectivity index (χ2n) is 5.17. The van der Waals surface area contributed by atoms with E-state index in [1.54, 1.807) is 48.5 Å². The fourth-order valence-electron chi connectivity index (χ4n) is 2.40. The van der Waals surface area contributed by atoms with Gasteiger partial charge in [-0.3, -0.25) is 4.79 Å². The van der Waals surface area contributed by atoms with Crippen LogP contribution in [0.5, 0.6) is 0 Å². The van der Waals surface area contributed by atoms with Crippen molar-refractivity contribution in [3.05, 3.63) is 78.4 Å². The summed E-state index contributed by atoms with van der Waals surface area (Å²) in [5.74, 6) is -0.542. The molecule has 0 radical (unpaired) electrons. The van der Waals surface area contributed by atoms with Crippen LogP contribution >= 0.6 is 0 Å². The summed E-state index contributed by atoms with van der Waals surface area (Å²) >= 11 is 0. The van der Waals surface area contributed by atoms with Crippen molar-refractivity contribution in [1.29, 1.82) is 0 Å². The molecule has 5 nitrogen and oxygen atoms in total. The van der Waals surface area contributed by atoms with Crippen LogP contribution in [0.25, 0.3) is 10.8 Å². The minimum absolute atomic E-state index is 0.0216. The van der Waals surface area contributed by atoms with Gasteiger partial charge >= 0.3 is 10.1 Å². The molecule has 3 aromatic rings. The maximum Gasteiger partial charge on any atom is 0.318 e. The first-order valence-electron chi connectivity index (χ1n) is 7.24. The smallest absolute Gasteiger partial charge is 0.267 e. The zero-order valence-corrected chi connectivity index (χ0v) is 13.7. The minimum atomic E-state index is -4.13. The maximum atomic E-state index is 12.6. The van der Waals surface area contributed by atoms with Gasteiger partial charge < -0.3 is 0 Å². The molecule has 122 valence electrons. The molecule has 0 unspecified atom stereocenters. The first-order valence-corrected chi connectivity index (χ1v) is 8.65. The summed E-state index contributed by atoms with van der Waals surface area (Å²) in [6, 6.07) is 20.3. The number of carbonyl (C=O) groups is 1. The Morgan fingerprint density at radius 2 is 1.50 bits per heavy atom. The van der Waals surface area contributed by atoms with Crippen LogP contribution in [0.2, 0.25) is 0 Å². The van der Waals surface area contributed by atoms with Gasteiger partial charge in [-0.25, -0.2) is 5.06 Å². The number of hydrogen-bond donors (Lipinski definition) is 0. The highest BCUT2D eigenvalue weighted by Gasteiger charge is 2.24. The van der Waals surface area contributed by atoms with Crippen LogP contribution in [0, 0.1) is 0 Å². The quantitative estimate of drug-likeness (QED) is 0.684. The Morgan fingerprint density at radius 1 is 0.875 bits per heavy atom. The molecule has 3 aromatic carbocycles. The second kappa shape index (κ2) is 6.43. The van der Waals surface area contributed by atoms with Crippen molar-refractivity contribution in [2.75, 3.05) is 7.05 Å². The molecule has 3 rings (SSSR count). The predicted octanol–water partition coefficient (Wildman–Crippen LogP) is 3.23. The van der Waals surface area contributed by atoms with Gasteiger partial charge in [-0.15, -0.1) is 4.28 Å². The van der Waals surface area contributed by atoms with Crippen LogP contribution < -0.4 is 0 Å². The number of benzene rings is 3. The van der Waals surface area contributed by atoms with Gasteiger partial charge in [0.05, 0.1) is 0 Å². The second-order valence-corrected chi connectivity index (χ2v) is 6.67. The molecule has 0 aromatic heterocycles. The highest BCUT2D eigenvalue weighted by Crippen LogP contribution is 2.25. The highest BCUT2D eigenvalue weighted by molar-refractivity contribution is 7.87. The average Bonchev–Trinajstić information content (AvgIpc) is 2.61. The van der Waals surface area contributed by atoms with Crippen molar-refractivity contribution in [2.24, 2.45) is 0 Å². The molecule has 6 heteroatoms. The molecular formula is C18H15NO4S. The Labute approximate surface area is 140 Å². The monoisotopic (exact) mass is 341 g/mol. The van der Waals surface area contributed by atoms with E-state index in [9.17, 15) is 13.2 Å². The zero-order valence-electron chi connectivity index (χ0n) is 12.9. The molecule has 0 atom stereocenters. The van der Waals surface area contributed by atoms with Crippen LogP contribution in [0.1, 0.15) is 10.4 Å². The molecule has 0 heterocycles. The van der Waals surface area contributed by atoms with Crippen molar-refractivity contribution in [1.82, 2.24) is 5.06 Å². The van der Waals surface area contributed by atoms with Gasteiger partial charge in [0, 0.05) is 18.0 Å². The summed E-state index contributed by atoms with van der Waals surface area (Å²) in [7, 11) is -2.86. The maximum absolute atomic E-state index is 12.6. The molecule has 0 bridgehead atoms. The lowest BCUT2D eigenvalue weighted by molar-refractivity contribution is -0.00871. The third-order valence-electron chi connectivity index (χ3n) is 3.54. The summed E-state index contributed by atoms with van der Waals surface area (Å²) in [5.41, 5.74) is 0.341. The topological polar surface area (TPSA) is 63.7 Å². The largest absolute Gasteiger partial charge is 0.318 e. The fourth-order valence-corrected chi connectivity index (χ4v) is 3.54. The van der Waals surface area contributed by atoms with Gasteiger partial charge in [0.25, 0.3) is 5.91 Å². The van der Waals surface area contributed by atoms with E-state index in [2.05, 4.69) is 0 Å². The summed E-state index contributed by atoms with van der Waals surface area (Å²) < 4.78 is 30.2. The Balaban J connectivity index is 1.92. The Bertz CT molecular complexity index is 979. The first kappa shape index (κ1) is 16.2. The number of carbonyl (C=O) groups excluding carboxylic acids is 1. The van der Waals surface area contributed by atoms with Gasteiger partial charge in [-0.05, 0) is 23.6 Å². The van der Waals surface area contributed by atoms with Crippen molar-refractivity contribution in [3.8, 4) is 0 Å². The normalized spacial score (nSPS) is 11.4. The van der Waals surface area contributed by atoms with E-state index in [1.165, 1.54) is 13.1 Å². The molecule has 0 aliphatic heterocycles. The SMILES string of the molecule is CN(OS(=O)(=O)c1cccc2ccccc12)C(=O)c1ccccc1. The zero-order chi connectivity index (χ0) is 17.2. The lowest BCUT2D eigenvalue weighted by atomic mass is 10.1. The number of amides is 1. The van der Waals surface area contributed by atoms with Gasteiger partial charge in [-0.2, -0.15) is 8.42 Å². The van der Waals surface area contributed by atoms with E-state index >= 15 is 0 Å². The predicted molar refractivity (Wildman–Crippen MR) is 90.8 cm³/mol. The number of hydrogen-bond acceptors (Lipinski definition) is 4. The van der Waals surface area contributed by atoms with Gasteiger partial charge in [0.2, 0.25) is 0 Å². The lowest BCUT2D eigenvalue weighted by Gasteiger charge is -2.17. The van der Waals surface area contributed by atoms with Crippen LogP contribution in [0.4, 0.5) is 0 Å². The molecule has 1 amide bonds. The number of hydroxylamine groups is 2. The first-order chi connectivity index (χ1) is 11.5. The molecule has 0 aliphatic carbocycles. The van der Waals surface area contributed by atoms with Crippen LogP contribution in [-0.2, 0) is 14.4 Å². The fraction of sp³-hybridized carbons (Fsp3) is 0.0556. The standard InChI is InChI=1S/C18H15NO4S/c1-19(18(20)15-9-3-2-4-10-15)23-24(21,22)17-13-7-11-14-8-5-6-12-16(14)17/h2-13H,1H3. The van der Waals surface area contributed by atoms with E-state index in [-0.39, 0.29) is 4.90 Å². The third kappa shape index (κ3) is 3.15. The van der Waals surface area contributed by atoms with Gasteiger partial charge in [0.1, 0.15) is 4.90 Å². The van der Waals surface area contributed by atoms with E-state index in [0.29, 0.717) is 10.9 Å². The van der Waals surface area contributed by atoms with Crippen molar-refractivity contribution in [2.45, 2.75) is 4.90 Å². The molecule has 0 saturated heterocycles. The third-order valence-corrected chi connectivity index (χ3v) is 4.85. The molecule has 24 heavy (non-hydrogen) atoms. The molecule has 0 spiro atoms. The van der Waals surface area contributed by atoms with Crippen LogP contribution in [0.3, 0.4) is 0 Å². The summed E-state index contributed by atoms with van der Waals surface area (Å²) in [6.07, 6.45) is 0. The Hall–Kier alpha value is -2.70. The molecule has 0 N–H and O–H groups in total. The Morgan fingerprint density at radius 3 is 2.25 bits per heavy atom. The van der Waals surface area contributed by atoms with Gasteiger partial charge in [0.15, 0.2) is 0 Å². The summed E-state index contributed by atoms with van der Waals surface area (Å²) in [5, 5.41) is 2.05. The molecule has 0 fully saturated rings. The minimum Gasteiger partial charge on any atom is -0.267 e. The number of fused-ring (bicyclic) bond motifs is 1. The average molecular weight is 341 g/mol. The van der Waals surface area contributed by atoms with Gasteiger partial charge in [-0.1, -0.05) is 54.6 Å². The van der Waals surface area contributed by atoms with E-state index < -0.39 is 16.0 Å². The molecular weight excluding hydrogens is 326 g/mol. The number of rotatable bonds is 4. The lowest BCUT2D eigenvalue weighted by Crippen LogP contribution is -2.30. The van der Waals surface area contributed by atoms with Crippen LogP contribution in [0.15, 0.2) is 77.7 Å². The summed E-state index contributed by atoms with van der Waals surface area (Å²) in [6.45, 7) is 0. The van der Waals surface area contributed by atoms with E-state index in [4.69, 9.17) is 4.28 Å². The van der Waals surface area contributed by atoms with E-state index in [1.807, 2.05) is 18.2 Å². The van der Waals surface area contributed by atoms with Crippen molar-refractivity contribution in [3.63, 3.8) is 0 Å². The van der Waals surface area contributed by atoms with Crippen LogP contribution in [-0.4, -0.2) is 26.4 Å². The van der Waals surface area contributed by atoms with E-state index in [0.717, 1.165) is 10.4 Å². The highest BCUT2D eigenvalue weighted by atomic mass is 32.2. The molecule has 0 saturated carbocycles. The molecule has 0 aliphatic rings.